The van der Waals surface area contributed by atoms with Gasteiger partial charge in [0.2, 0.25) is 0 Å². The van der Waals surface area contributed by atoms with Crippen molar-refractivity contribution in [2.24, 2.45) is 0 Å². The van der Waals surface area contributed by atoms with Crippen LogP contribution in [0, 0.1) is 0 Å². The average Bonchev–Trinajstić information content (AvgIpc) is 2.27. The highest BCUT2D eigenvalue weighted by Crippen LogP contribution is 2.20. The number of ether oxygens (including phenoxy) is 3. The van der Waals surface area contributed by atoms with Crippen LogP contribution in [0.3, 0.4) is 0 Å². The van der Waals surface area contributed by atoms with Gasteiger partial charge in [-0.2, -0.15) is 0 Å². The van der Waals surface area contributed by atoms with Crippen molar-refractivity contribution >= 4 is 6.16 Å². The number of aliphatic hydroxyl groups is 4. The minimum Gasteiger partial charge on any atom is -0.431 e. The second-order valence-electron chi connectivity index (χ2n) is 5.31. The molecule has 0 aliphatic carbocycles. The Morgan fingerprint density at radius 3 is 2.21 bits per heavy atom. The molecule has 1 rings (SSSR count). The number of hydrogen-bond acceptors (Lipinski definition) is 8. The van der Waals surface area contributed by atoms with E-state index in [1.54, 1.807) is 20.8 Å². The molecule has 0 aromatic carbocycles. The number of carbonyl (C=O) groups excluding carboxylic acids is 1. The van der Waals surface area contributed by atoms with E-state index in [4.69, 9.17) is 14.2 Å². The molecule has 19 heavy (non-hydrogen) atoms. The summed E-state index contributed by atoms with van der Waals surface area (Å²) in [7, 11) is 0. The Labute approximate surface area is 110 Å². The Kier molecular flexibility index (Phi) is 5.11. The van der Waals surface area contributed by atoms with Crippen LogP contribution >= 0.6 is 0 Å². The van der Waals surface area contributed by atoms with Gasteiger partial charge in [0.25, 0.3) is 0 Å². The van der Waals surface area contributed by atoms with E-state index in [0.717, 1.165) is 0 Å². The fraction of sp³-hybridized carbons (Fsp3) is 0.909. The Balaban J connectivity index is 2.47. The van der Waals surface area contributed by atoms with Crippen LogP contribution in [0.1, 0.15) is 20.8 Å². The zero-order valence-corrected chi connectivity index (χ0v) is 11.0. The first kappa shape index (κ1) is 16.1. The van der Waals surface area contributed by atoms with Crippen LogP contribution in [0.15, 0.2) is 0 Å². The van der Waals surface area contributed by atoms with Gasteiger partial charge in [-0.15, -0.1) is 0 Å². The topological polar surface area (TPSA) is 126 Å². The fourth-order valence-corrected chi connectivity index (χ4v) is 1.50. The molecule has 1 heterocycles. The minimum atomic E-state index is -1.66. The van der Waals surface area contributed by atoms with E-state index in [0.29, 0.717) is 0 Å². The van der Waals surface area contributed by atoms with Crippen LogP contribution in [0.25, 0.3) is 0 Å². The molecule has 8 heteroatoms. The first-order chi connectivity index (χ1) is 8.61. The molecular weight excluding hydrogens is 260 g/mol. The Hall–Kier alpha value is -0.930. The Bertz CT molecular complexity index is 312. The molecule has 5 atom stereocenters. The minimum absolute atomic E-state index is 0.420. The third-order valence-electron chi connectivity index (χ3n) is 2.44. The first-order valence-corrected chi connectivity index (χ1v) is 5.85. The van der Waals surface area contributed by atoms with Gasteiger partial charge in [0.05, 0.1) is 0 Å². The lowest BCUT2D eigenvalue weighted by molar-refractivity contribution is -0.287. The smallest absolute Gasteiger partial charge is 0.431 e. The molecule has 0 unspecified atom stereocenters. The van der Waals surface area contributed by atoms with E-state index < -0.39 is 49.1 Å². The van der Waals surface area contributed by atoms with Gasteiger partial charge in [-0.3, -0.25) is 0 Å². The standard InChI is InChI=1S/C11H20O8/c1-11(2,3)19-10(16)17-4-5-6(12)7(13)8(14)9(15)18-5/h5-9,12-15H,4H2,1-3H3/t5-,6-,7+,8-,9-/m1/s1. The van der Waals surface area contributed by atoms with Gasteiger partial charge in [-0.05, 0) is 20.8 Å². The summed E-state index contributed by atoms with van der Waals surface area (Å²) in [6, 6.07) is 0. The van der Waals surface area contributed by atoms with E-state index in [-0.39, 0.29) is 0 Å². The van der Waals surface area contributed by atoms with E-state index in [1.807, 2.05) is 0 Å². The average molecular weight is 280 g/mol. The fourth-order valence-electron chi connectivity index (χ4n) is 1.50. The molecule has 0 saturated carbocycles. The van der Waals surface area contributed by atoms with Crippen LogP contribution in [0.4, 0.5) is 4.79 Å². The van der Waals surface area contributed by atoms with Gasteiger partial charge < -0.3 is 34.6 Å². The zero-order valence-electron chi connectivity index (χ0n) is 11.0. The molecule has 0 spiro atoms. The molecule has 4 N–H and O–H groups in total. The highest BCUT2D eigenvalue weighted by molar-refractivity contribution is 5.60. The summed E-state index contributed by atoms with van der Waals surface area (Å²) in [6.45, 7) is 4.55. The maximum atomic E-state index is 11.3. The SMILES string of the molecule is CC(C)(C)OC(=O)OC[C@H]1O[C@@H](O)[C@H](O)[C@@H](O)[C@@H]1O. The van der Waals surface area contributed by atoms with Crippen molar-refractivity contribution < 1.29 is 39.4 Å². The second-order valence-corrected chi connectivity index (χ2v) is 5.31. The van der Waals surface area contributed by atoms with Crippen molar-refractivity contribution in [3.05, 3.63) is 0 Å². The lowest BCUT2D eigenvalue weighted by atomic mass is 9.99. The molecule has 112 valence electrons. The number of hydrogen-bond donors (Lipinski definition) is 4. The van der Waals surface area contributed by atoms with Gasteiger partial charge in [-0.1, -0.05) is 0 Å². The predicted molar refractivity (Wildman–Crippen MR) is 61.1 cm³/mol. The lowest BCUT2D eigenvalue weighted by Gasteiger charge is -2.37. The Morgan fingerprint density at radius 2 is 1.68 bits per heavy atom. The highest BCUT2D eigenvalue weighted by Gasteiger charge is 2.43. The summed E-state index contributed by atoms with van der Waals surface area (Å²) in [5, 5.41) is 37.5. The number of rotatable bonds is 2. The van der Waals surface area contributed by atoms with Crippen molar-refractivity contribution in [1.29, 1.82) is 0 Å². The summed E-state index contributed by atoms with van der Waals surface area (Å²) < 4.78 is 14.4. The number of aliphatic hydroxyl groups excluding tert-OH is 4. The van der Waals surface area contributed by atoms with E-state index >= 15 is 0 Å². The van der Waals surface area contributed by atoms with Gasteiger partial charge >= 0.3 is 6.16 Å². The molecule has 8 nitrogen and oxygen atoms in total. The third-order valence-corrected chi connectivity index (χ3v) is 2.44. The Morgan fingerprint density at radius 1 is 1.11 bits per heavy atom. The van der Waals surface area contributed by atoms with Crippen LogP contribution in [-0.2, 0) is 14.2 Å². The highest BCUT2D eigenvalue weighted by atomic mass is 16.7. The summed E-state index contributed by atoms with van der Waals surface area (Å²) in [6.07, 6.45) is -8.46. The van der Waals surface area contributed by atoms with Gasteiger partial charge in [0.15, 0.2) is 6.29 Å². The van der Waals surface area contributed by atoms with Crippen molar-refractivity contribution in [2.75, 3.05) is 6.61 Å². The van der Waals surface area contributed by atoms with Crippen LogP contribution in [0.5, 0.6) is 0 Å². The third kappa shape index (κ3) is 4.59. The van der Waals surface area contributed by atoms with Gasteiger partial charge in [0, 0.05) is 0 Å². The summed E-state index contributed by atoms with van der Waals surface area (Å²) >= 11 is 0. The molecular formula is C11H20O8. The van der Waals surface area contributed by atoms with Crippen LogP contribution in [-0.4, -0.2) is 69.5 Å². The van der Waals surface area contributed by atoms with Crippen molar-refractivity contribution in [1.82, 2.24) is 0 Å². The summed E-state index contributed by atoms with van der Waals surface area (Å²) in [4.78, 5) is 11.3. The maximum absolute atomic E-state index is 11.3. The summed E-state index contributed by atoms with van der Waals surface area (Å²) in [5.74, 6) is 0. The molecule has 0 aromatic rings. The van der Waals surface area contributed by atoms with Crippen LogP contribution < -0.4 is 0 Å². The van der Waals surface area contributed by atoms with Crippen molar-refractivity contribution in [3.63, 3.8) is 0 Å². The molecule has 0 radical (unpaired) electrons. The van der Waals surface area contributed by atoms with E-state index in [2.05, 4.69) is 0 Å². The first-order valence-electron chi connectivity index (χ1n) is 5.85. The van der Waals surface area contributed by atoms with E-state index in [1.165, 1.54) is 0 Å². The molecule has 1 aliphatic rings. The molecule has 1 aliphatic heterocycles. The summed E-state index contributed by atoms with van der Waals surface area (Å²) in [5.41, 5.74) is -0.724. The van der Waals surface area contributed by atoms with Crippen molar-refractivity contribution in [3.8, 4) is 0 Å². The molecule has 0 aromatic heterocycles. The number of carbonyl (C=O) groups is 1. The van der Waals surface area contributed by atoms with Crippen LogP contribution in [0.2, 0.25) is 0 Å². The normalized spacial score (nSPS) is 35.8. The largest absolute Gasteiger partial charge is 0.508 e. The molecule has 0 bridgehead atoms. The molecule has 1 saturated heterocycles. The molecule has 0 amide bonds. The maximum Gasteiger partial charge on any atom is 0.508 e. The molecule has 1 fully saturated rings. The van der Waals surface area contributed by atoms with E-state index in [9.17, 15) is 25.2 Å². The van der Waals surface area contributed by atoms with Gasteiger partial charge in [-0.25, -0.2) is 4.79 Å². The second kappa shape index (κ2) is 6.02. The van der Waals surface area contributed by atoms with Crippen molar-refractivity contribution in [2.45, 2.75) is 57.1 Å². The predicted octanol–water partition coefficient (Wildman–Crippen LogP) is -1.26. The monoisotopic (exact) mass is 280 g/mol. The van der Waals surface area contributed by atoms with Gasteiger partial charge in [0.1, 0.15) is 36.6 Å². The zero-order chi connectivity index (χ0) is 14.8. The lowest BCUT2D eigenvalue weighted by Crippen LogP contribution is -2.58. The quantitative estimate of drug-likeness (QED) is 0.462.